The standard InChI is InChI=1S/C12H17N2/c1-11(2)13-9-5-12(6-10-13)14-7-3-4-8-14/h5-6,9-10H,1,3-4,7-8H2,2H3/q+1. The van der Waals surface area contributed by atoms with Gasteiger partial charge in [-0.1, -0.05) is 0 Å². The Labute approximate surface area is 85.5 Å². The van der Waals surface area contributed by atoms with Gasteiger partial charge >= 0.3 is 0 Å². The molecule has 1 aliphatic heterocycles. The Hall–Kier alpha value is -1.31. The van der Waals surface area contributed by atoms with Gasteiger partial charge in [0.15, 0.2) is 18.1 Å². The van der Waals surface area contributed by atoms with Crippen LogP contribution < -0.4 is 9.47 Å². The van der Waals surface area contributed by atoms with Gasteiger partial charge in [0.25, 0.3) is 0 Å². The van der Waals surface area contributed by atoms with E-state index in [2.05, 4.69) is 36.0 Å². The van der Waals surface area contributed by atoms with Crippen LogP contribution in [0.2, 0.25) is 0 Å². The average Bonchev–Trinajstić information content (AvgIpc) is 2.71. The third-order valence-electron chi connectivity index (χ3n) is 2.72. The van der Waals surface area contributed by atoms with Crippen molar-refractivity contribution in [2.24, 2.45) is 0 Å². The van der Waals surface area contributed by atoms with Crippen molar-refractivity contribution in [1.29, 1.82) is 0 Å². The van der Waals surface area contributed by atoms with E-state index < -0.39 is 0 Å². The van der Waals surface area contributed by atoms with Gasteiger partial charge in [-0.05, 0) is 19.4 Å². The molecule has 0 bridgehead atoms. The first-order valence-electron chi connectivity index (χ1n) is 5.19. The smallest absolute Gasteiger partial charge is 0.176 e. The lowest BCUT2D eigenvalue weighted by molar-refractivity contribution is -0.581. The molecule has 0 atom stereocenters. The number of hydrogen-bond acceptors (Lipinski definition) is 1. The van der Waals surface area contributed by atoms with Crippen molar-refractivity contribution in [3.05, 3.63) is 31.1 Å². The topological polar surface area (TPSA) is 7.12 Å². The highest BCUT2D eigenvalue weighted by Gasteiger charge is 2.13. The Balaban J connectivity index is 2.16. The van der Waals surface area contributed by atoms with Gasteiger partial charge in [-0.25, -0.2) is 0 Å². The Kier molecular flexibility index (Phi) is 2.53. The molecule has 1 aromatic heterocycles. The van der Waals surface area contributed by atoms with Gasteiger partial charge < -0.3 is 4.90 Å². The molecule has 2 nitrogen and oxygen atoms in total. The van der Waals surface area contributed by atoms with Gasteiger partial charge in [-0.2, -0.15) is 4.57 Å². The van der Waals surface area contributed by atoms with Gasteiger partial charge in [0.1, 0.15) is 0 Å². The fraction of sp³-hybridized carbons (Fsp3) is 0.417. The Morgan fingerprint density at radius 2 is 1.86 bits per heavy atom. The first-order chi connectivity index (χ1) is 6.77. The minimum absolute atomic E-state index is 1.05. The van der Waals surface area contributed by atoms with Gasteiger partial charge in [0.2, 0.25) is 0 Å². The minimum Gasteiger partial charge on any atom is -0.371 e. The fourth-order valence-corrected chi connectivity index (χ4v) is 1.86. The third kappa shape index (κ3) is 1.79. The summed E-state index contributed by atoms with van der Waals surface area (Å²) in [6, 6.07) is 4.33. The molecular formula is C12H17N2+. The van der Waals surface area contributed by atoms with E-state index in [9.17, 15) is 0 Å². The van der Waals surface area contributed by atoms with Crippen LogP contribution in [0.3, 0.4) is 0 Å². The van der Waals surface area contributed by atoms with Crippen molar-refractivity contribution in [2.75, 3.05) is 18.0 Å². The summed E-state index contributed by atoms with van der Waals surface area (Å²) in [5.74, 6) is 0. The van der Waals surface area contributed by atoms with Crippen LogP contribution >= 0.6 is 0 Å². The van der Waals surface area contributed by atoms with Crippen LogP contribution in [0.4, 0.5) is 5.69 Å². The zero-order chi connectivity index (χ0) is 9.97. The summed E-state index contributed by atoms with van der Waals surface area (Å²) in [5.41, 5.74) is 2.39. The number of hydrogen-bond donors (Lipinski definition) is 0. The molecular weight excluding hydrogens is 172 g/mol. The molecule has 1 saturated heterocycles. The van der Waals surface area contributed by atoms with Crippen LogP contribution in [0.15, 0.2) is 31.1 Å². The van der Waals surface area contributed by atoms with E-state index in [1.807, 2.05) is 11.5 Å². The second kappa shape index (κ2) is 3.82. The van der Waals surface area contributed by atoms with E-state index in [1.165, 1.54) is 31.6 Å². The average molecular weight is 189 g/mol. The van der Waals surface area contributed by atoms with E-state index in [0.717, 1.165) is 5.70 Å². The molecule has 2 rings (SSSR count). The maximum Gasteiger partial charge on any atom is 0.176 e. The van der Waals surface area contributed by atoms with Crippen molar-refractivity contribution in [3.8, 4) is 0 Å². The molecule has 74 valence electrons. The molecule has 0 radical (unpaired) electrons. The summed E-state index contributed by atoms with van der Waals surface area (Å²) in [4.78, 5) is 2.43. The van der Waals surface area contributed by atoms with Crippen molar-refractivity contribution in [2.45, 2.75) is 19.8 Å². The Morgan fingerprint density at radius 3 is 2.36 bits per heavy atom. The monoisotopic (exact) mass is 189 g/mol. The molecule has 0 saturated carbocycles. The van der Waals surface area contributed by atoms with Crippen molar-refractivity contribution >= 4 is 11.4 Å². The van der Waals surface area contributed by atoms with E-state index in [0.29, 0.717) is 0 Å². The molecule has 1 aliphatic rings. The number of aromatic nitrogens is 1. The summed E-state index contributed by atoms with van der Waals surface area (Å²) < 4.78 is 2.04. The molecule has 1 aromatic rings. The highest BCUT2D eigenvalue weighted by Crippen LogP contribution is 2.18. The maximum absolute atomic E-state index is 3.90. The quantitative estimate of drug-likeness (QED) is 0.646. The largest absolute Gasteiger partial charge is 0.371 e. The molecule has 2 heterocycles. The third-order valence-corrected chi connectivity index (χ3v) is 2.72. The molecule has 0 aliphatic carbocycles. The summed E-state index contributed by atoms with van der Waals surface area (Å²) in [6.07, 6.45) is 6.82. The van der Waals surface area contributed by atoms with E-state index in [4.69, 9.17) is 0 Å². The second-order valence-electron chi connectivity index (χ2n) is 3.89. The van der Waals surface area contributed by atoms with Gasteiger partial charge in [0.05, 0.1) is 0 Å². The Bertz CT molecular complexity index is 321. The summed E-state index contributed by atoms with van der Waals surface area (Å²) in [5, 5.41) is 0. The molecule has 0 unspecified atom stereocenters. The Morgan fingerprint density at radius 1 is 1.29 bits per heavy atom. The van der Waals surface area contributed by atoms with E-state index >= 15 is 0 Å². The van der Waals surface area contributed by atoms with Crippen molar-refractivity contribution in [1.82, 2.24) is 0 Å². The number of nitrogens with zero attached hydrogens (tertiary/aromatic N) is 2. The highest BCUT2D eigenvalue weighted by molar-refractivity contribution is 5.44. The maximum atomic E-state index is 3.90. The van der Waals surface area contributed by atoms with Crippen LogP contribution in [0.1, 0.15) is 19.8 Å². The molecule has 0 N–H and O–H groups in total. The number of pyridine rings is 1. The molecule has 0 amide bonds. The van der Waals surface area contributed by atoms with Gasteiger partial charge in [-0.15, -0.1) is 0 Å². The first-order valence-corrected chi connectivity index (χ1v) is 5.19. The SMILES string of the molecule is C=C(C)[n+]1ccc(N2CCCC2)cc1. The van der Waals surface area contributed by atoms with Crippen LogP contribution in [0.5, 0.6) is 0 Å². The van der Waals surface area contributed by atoms with Crippen molar-refractivity contribution < 1.29 is 4.57 Å². The summed E-state index contributed by atoms with van der Waals surface area (Å²) in [6.45, 7) is 8.32. The van der Waals surface area contributed by atoms with Gasteiger partial charge in [-0.3, -0.25) is 0 Å². The zero-order valence-corrected chi connectivity index (χ0v) is 8.74. The molecule has 1 fully saturated rings. The van der Waals surface area contributed by atoms with Crippen molar-refractivity contribution in [3.63, 3.8) is 0 Å². The summed E-state index contributed by atoms with van der Waals surface area (Å²) >= 11 is 0. The lowest BCUT2D eigenvalue weighted by Crippen LogP contribution is -2.29. The van der Waals surface area contributed by atoms with E-state index in [1.54, 1.807) is 0 Å². The number of rotatable bonds is 2. The van der Waals surface area contributed by atoms with Gasteiger partial charge in [0, 0.05) is 37.8 Å². The highest BCUT2D eigenvalue weighted by atomic mass is 15.1. The lowest BCUT2D eigenvalue weighted by Gasteiger charge is -2.15. The lowest BCUT2D eigenvalue weighted by atomic mass is 10.3. The van der Waals surface area contributed by atoms with Crippen LogP contribution in [0, 0.1) is 0 Å². The zero-order valence-electron chi connectivity index (χ0n) is 8.74. The fourth-order valence-electron chi connectivity index (χ4n) is 1.86. The number of anilines is 1. The second-order valence-corrected chi connectivity index (χ2v) is 3.89. The predicted molar refractivity (Wildman–Crippen MR) is 59.1 cm³/mol. The molecule has 2 heteroatoms. The van der Waals surface area contributed by atoms with E-state index in [-0.39, 0.29) is 0 Å². The van der Waals surface area contributed by atoms with Crippen LogP contribution in [-0.2, 0) is 0 Å². The molecule has 0 spiro atoms. The minimum atomic E-state index is 1.05. The molecule has 14 heavy (non-hydrogen) atoms. The number of allylic oxidation sites excluding steroid dienone is 1. The van der Waals surface area contributed by atoms with Crippen LogP contribution in [0.25, 0.3) is 5.70 Å². The normalized spacial score (nSPS) is 15.9. The molecule has 0 aromatic carbocycles. The van der Waals surface area contributed by atoms with Crippen LogP contribution in [-0.4, -0.2) is 13.1 Å². The summed E-state index contributed by atoms with van der Waals surface area (Å²) in [7, 11) is 0. The first kappa shape index (κ1) is 9.25. The predicted octanol–water partition coefficient (Wildman–Crippen LogP) is 2.06.